The van der Waals surface area contributed by atoms with Crippen LogP contribution >= 0.6 is 23.2 Å². The molecule has 0 spiro atoms. The van der Waals surface area contributed by atoms with Gasteiger partial charge in [-0.3, -0.25) is 4.90 Å². The SMILES string of the molecule is C[C@@H]1CN(Cc2cc(Cl)ccc2Cl)CCN1. The first-order valence-electron chi connectivity index (χ1n) is 5.55. The summed E-state index contributed by atoms with van der Waals surface area (Å²) in [5.74, 6) is 0. The van der Waals surface area contributed by atoms with Gasteiger partial charge >= 0.3 is 0 Å². The van der Waals surface area contributed by atoms with Crippen LogP contribution in [-0.2, 0) is 6.54 Å². The number of hydrogen-bond donors (Lipinski definition) is 1. The Morgan fingerprint density at radius 2 is 2.25 bits per heavy atom. The van der Waals surface area contributed by atoms with Crippen LogP contribution in [0, 0.1) is 0 Å². The molecule has 88 valence electrons. The predicted octanol–water partition coefficient (Wildman–Crippen LogP) is 2.79. The number of benzene rings is 1. The molecule has 2 rings (SSSR count). The standard InChI is InChI=1S/C12H16Cl2N2/c1-9-7-16(5-4-15-9)8-10-6-11(13)2-3-12(10)14/h2-3,6,9,15H,4-5,7-8H2,1H3/t9-/m1/s1. The van der Waals surface area contributed by atoms with Crippen LogP contribution in [0.2, 0.25) is 10.0 Å². The van der Waals surface area contributed by atoms with Crippen molar-refractivity contribution in [2.45, 2.75) is 19.5 Å². The van der Waals surface area contributed by atoms with E-state index in [0.717, 1.165) is 41.8 Å². The van der Waals surface area contributed by atoms with Gasteiger partial charge in [-0.25, -0.2) is 0 Å². The van der Waals surface area contributed by atoms with E-state index in [-0.39, 0.29) is 0 Å². The van der Waals surface area contributed by atoms with Crippen LogP contribution in [0.4, 0.5) is 0 Å². The van der Waals surface area contributed by atoms with Gasteiger partial charge in [0, 0.05) is 42.3 Å². The van der Waals surface area contributed by atoms with Crippen molar-refractivity contribution in [1.82, 2.24) is 10.2 Å². The molecule has 0 saturated carbocycles. The minimum absolute atomic E-state index is 0.548. The fraction of sp³-hybridized carbons (Fsp3) is 0.500. The second-order valence-corrected chi connectivity index (χ2v) is 5.17. The molecule has 1 aliphatic heterocycles. The van der Waals surface area contributed by atoms with Crippen LogP contribution < -0.4 is 5.32 Å². The first-order valence-corrected chi connectivity index (χ1v) is 6.30. The van der Waals surface area contributed by atoms with Crippen molar-refractivity contribution in [1.29, 1.82) is 0 Å². The van der Waals surface area contributed by atoms with Crippen molar-refractivity contribution in [3.05, 3.63) is 33.8 Å². The molecule has 0 unspecified atom stereocenters. The molecule has 0 amide bonds. The van der Waals surface area contributed by atoms with Gasteiger partial charge in [0.2, 0.25) is 0 Å². The average Bonchev–Trinajstić information content (AvgIpc) is 2.24. The monoisotopic (exact) mass is 258 g/mol. The van der Waals surface area contributed by atoms with Gasteiger partial charge in [0.1, 0.15) is 0 Å². The highest BCUT2D eigenvalue weighted by Gasteiger charge is 2.16. The molecule has 1 N–H and O–H groups in total. The summed E-state index contributed by atoms with van der Waals surface area (Å²) in [6.07, 6.45) is 0. The van der Waals surface area contributed by atoms with E-state index in [4.69, 9.17) is 23.2 Å². The van der Waals surface area contributed by atoms with E-state index in [9.17, 15) is 0 Å². The van der Waals surface area contributed by atoms with Crippen LogP contribution in [0.1, 0.15) is 12.5 Å². The maximum atomic E-state index is 6.15. The highest BCUT2D eigenvalue weighted by atomic mass is 35.5. The lowest BCUT2D eigenvalue weighted by Gasteiger charge is -2.32. The van der Waals surface area contributed by atoms with Gasteiger partial charge in [0.05, 0.1) is 0 Å². The van der Waals surface area contributed by atoms with Crippen LogP contribution in [0.3, 0.4) is 0 Å². The normalized spacial score (nSPS) is 22.3. The third kappa shape index (κ3) is 3.11. The molecule has 0 aromatic heterocycles. The van der Waals surface area contributed by atoms with E-state index in [1.165, 1.54) is 0 Å². The fourth-order valence-electron chi connectivity index (χ4n) is 2.06. The largest absolute Gasteiger partial charge is 0.312 e. The molecular weight excluding hydrogens is 243 g/mol. The highest BCUT2D eigenvalue weighted by Crippen LogP contribution is 2.22. The molecule has 1 atom stereocenters. The predicted molar refractivity (Wildman–Crippen MR) is 69.2 cm³/mol. The Balaban J connectivity index is 2.05. The third-order valence-corrected chi connectivity index (χ3v) is 3.46. The summed E-state index contributed by atoms with van der Waals surface area (Å²) in [6, 6.07) is 6.20. The van der Waals surface area contributed by atoms with Gasteiger partial charge in [-0.05, 0) is 30.7 Å². The molecule has 2 nitrogen and oxygen atoms in total. The van der Waals surface area contributed by atoms with E-state index in [2.05, 4.69) is 17.1 Å². The minimum Gasteiger partial charge on any atom is -0.312 e. The van der Waals surface area contributed by atoms with Crippen molar-refractivity contribution in [3.8, 4) is 0 Å². The molecule has 0 bridgehead atoms. The van der Waals surface area contributed by atoms with Crippen molar-refractivity contribution < 1.29 is 0 Å². The van der Waals surface area contributed by atoms with Gasteiger partial charge in [0.15, 0.2) is 0 Å². The van der Waals surface area contributed by atoms with Crippen LogP contribution in [0.25, 0.3) is 0 Å². The Labute approximate surface area is 107 Å². The molecule has 0 radical (unpaired) electrons. The molecule has 16 heavy (non-hydrogen) atoms. The fourth-order valence-corrected chi connectivity index (χ4v) is 2.43. The van der Waals surface area contributed by atoms with Crippen LogP contribution in [-0.4, -0.2) is 30.6 Å². The quantitative estimate of drug-likeness (QED) is 0.878. The summed E-state index contributed by atoms with van der Waals surface area (Å²) in [5, 5.41) is 4.98. The summed E-state index contributed by atoms with van der Waals surface area (Å²) in [5.41, 5.74) is 1.11. The van der Waals surface area contributed by atoms with Gasteiger partial charge in [0.25, 0.3) is 0 Å². The second kappa shape index (κ2) is 5.37. The Morgan fingerprint density at radius 1 is 1.44 bits per heavy atom. The number of rotatable bonds is 2. The Hall–Kier alpha value is -0.280. The summed E-state index contributed by atoms with van der Waals surface area (Å²) in [4.78, 5) is 2.40. The van der Waals surface area contributed by atoms with E-state index in [0.29, 0.717) is 6.04 Å². The lowest BCUT2D eigenvalue weighted by atomic mass is 10.1. The van der Waals surface area contributed by atoms with E-state index < -0.39 is 0 Å². The van der Waals surface area contributed by atoms with Gasteiger partial charge in [-0.15, -0.1) is 0 Å². The third-order valence-electron chi connectivity index (χ3n) is 2.85. The molecule has 1 heterocycles. The number of hydrogen-bond acceptors (Lipinski definition) is 2. The Bertz CT molecular complexity index is 368. The molecule has 1 aliphatic rings. The number of nitrogens with zero attached hydrogens (tertiary/aromatic N) is 1. The van der Waals surface area contributed by atoms with Crippen molar-refractivity contribution in [2.75, 3.05) is 19.6 Å². The average molecular weight is 259 g/mol. The van der Waals surface area contributed by atoms with Gasteiger partial charge in [-0.2, -0.15) is 0 Å². The van der Waals surface area contributed by atoms with Crippen molar-refractivity contribution >= 4 is 23.2 Å². The van der Waals surface area contributed by atoms with E-state index >= 15 is 0 Å². The maximum absolute atomic E-state index is 6.15. The summed E-state index contributed by atoms with van der Waals surface area (Å²) < 4.78 is 0. The molecule has 4 heteroatoms. The zero-order valence-electron chi connectivity index (χ0n) is 9.34. The topological polar surface area (TPSA) is 15.3 Å². The summed E-state index contributed by atoms with van der Waals surface area (Å²) in [7, 11) is 0. The molecular formula is C12H16Cl2N2. The van der Waals surface area contributed by atoms with Gasteiger partial charge < -0.3 is 5.32 Å². The smallest absolute Gasteiger partial charge is 0.0452 e. The zero-order valence-corrected chi connectivity index (χ0v) is 10.9. The summed E-state index contributed by atoms with van der Waals surface area (Å²) >= 11 is 12.1. The molecule has 0 aliphatic carbocycles. The number of piperazine rings is 1. The van der Waals surface area contributed by atoms with Crippen molar-refractivity contribution in [3.63, 3.8) is 0 Å². The Morgan fingerprint density at radius 3 is 3.00 bits per heavy atom. The molecule has 1 aromatic carbocycles. The highest BCUT2D eigenvalue weighted by molar-refractivity contribution is 6.33. The number of halogens is 2. The minimum atomic E-state index is 0.548. The zero-order chi connectivity index (χ0) is 11.5. The first-order chi connectivity index (χ1) is 7.65. The first kappa shape index (κ1) is 12.2. The van der Waals surface area contributed by atoms with E-state index in [1.54, 1.807) is 0 Å². The van der Waals surface area contributed by atoms with Gasteiger partial charge in [-0.1, -0.05) is 23.2 Å². The summed E-state index contributed by atoms with van der Waals surface area (Å²) in [6.45, 7) is 6.24. The maximum Gasteiger partial charge on any atom is 0.0452 e. The van der Waals surface area contributed by atoms with Crippen LogP contribution in [0.15, 0.2) is 18.2 Å². The molecule has 1 fully saturated rings. The van der Waals surface area contributed by atoms with Crippen molar-refractivity contribution in [2.24, 2.45) is 0 Å². The van der Waals surface area contributed by atoms with E-state index in [1.807, 2.05) is 18.2 Å². The lowest BCUT2D eigenvalue weighted by Crippen LogP contribution is -2.48. The van der Waals surface area contributed by atoms with Crippen LogP contribution in [0.5, 0.6) is 0 Å². The Kier molecular flexibility index (Phi) is 4.09. The lowest BCUT2D eigenvalue weighted by molar-refractivity contribution is 0.200. The number of nitrogens with one attached hydrogen (secondary N) is 1. The molecule has 1 saturated heterocycles. The molecule has 1 aromatic rings. The second-order valence-electron chi connectivity index (χ2n) is 4.33.